The van der Waals surface area contributed by atoms with Crippen LogP contribution in [-0.2, 0) is 16.0 Å². The number of amides is 1. The summed E-state index contributed by atoms with van der Waals surface area (Å²) in [5.41, 5.74) is 0.802. The number of morpholine rings is 1. The lowest BCUT2D eigenvalue weighted by Crippen LogP contribution is -2.48. The first kappa shape index (κ1) is 15.8. The van der Waals surface area contributed by atoms with Gasteiger partial charge >= 0.3 is 0 Å². The van der Waals surface area contributed by atoms with E-state index in [2.05, 4.69) is 0 Å². The normalized spacial score (nSPS) is 22.2. The molecule has 0 unspecified atom stereocenters. The van der Waals surface area contributed by atoms with E-state index in [-0.39, 0.29) is 23.9 Å². The third kappa shape index (κ3) is 4.17. The Morgan fingerprint density at radius 3 is 2.62 bits per heavy atom. The number of benzene rings is 1. The Morgan fingerprint density at radius 1 is 1.38 bits per heavy atom. The van der Waals surface area contributed by atoms with E-state index < -0.39 is 5.82 Å². The van der Waals surface area contributed by atoms with E-state index >= 15 is 0 Å². The Hall–Kier alpha value is -1.62. The number of carbonyl (C=O) groups is 1. The van der Waals surface area contributed by atoms with Crippen LogP contribution >= 0.6 is 0 Å². The highest BCUT2D eigenvalue weighted by atomic mass is 19.1. The molecule has 4 nitrogen and oxygen atoms in total. The minimum atomic E-state index is -0.393. The van der Waals surface area contributed by atoms with Gasteiger partial charge in [0.15, 0.2) is 11.6 Å². The maximum atomic E-state index is 13.6. The van der Waals surface area contributed by atoms with Crippen molar-refractivity contribution in [1.29, 1.82) is 0 Å². The van der Waals surface area contributed by atoms with Crippen LogP contribution in [-0.4, -0.2) is 43.2 Å². The summed E-state index contributed by atoms with van der Waals surface area (Å²) < 4.78 is 24.1. The van der Waals surface area contributed by atoms with Gasteiger partial charge in [-0.25, -0.2) is 4.39 Å². The van der Waals surface area contributed by atoms with Gasteiger partial charge in [-0.15, -0.1) is 0 Å². The lowest BCUT2D eigenvalue weighted by molar-refractivity contribution is -0.143. The standard InChI is InChI=1S/C16H22FNO3/c1-11-9-18(10-12(2)21-11)16(19)7-5-13-4-6-15(20-3)14(17)8-13/h4,6,8,11-12H,5,7,9-10H2,1-3H3/t11-,12+. The molecule has 0 N–H and O–H groups in total. The van der Waals surface area contributed by atoms with Crippen LogP contribution in [0.15, 0.2) is 18.2 Å². The zero-order chi connectivity index (χ0) is 15.4. The predicted octanol–water partition coefficient (Wildman–Crippen LogP) is 2.40. The molecule has 1 aliphatic heterocycles. The predicted molar refractivity (Wildman–Crippen MR) is 77.9 cm³/mol. The monoisotopic (exact) mass is 295 g/mol. The minimum Gasteiger partial charge on any atom is -0.494 e. The van der Waals surface area contributed by atoms with Gasteiger partial charge in [-0.05, 0) is 38.0 Å². The zero-order valence-electron chi connectivity index (χ0n) is 12.8. The van der Waals surface area contributed by atoms with Crippen LogP contribution in [0.4, 0.5) is 4.39 Å². The summed E-state index contributed by atoms with van der Waals surface area (Å²) in [7, 11) is 1.43. The molecule has 116 valence electrons. The number of ether oxygens (including phenoxy) is 2. The van der Waals surface area contributed by atoms with Crippen LogP contribution in [0.5, 0.6) is 5.75 Å². The fourth-order valence-corrected chi connectivity index (χ4v) is 2.66. The van der Waals surface area contributed by atoms with E-state index in [1.165, 1.54) is 13.2 Å². The molecule has 1 aromatic carbocycles. The first-order valence-corrected chi connectivity index (χ1v) is 7.25. The molecule has 0 aromatic heterocycles. The first-order valence-electron chi connectivity index (χ1n) is 7.25. The number of halogens is 1. The van der Waals surface area contributed by atoms with Crippen molar-refractivity contribution in [3.8, 4) is 5.75 Å². The van der Waals surface area contributed by atoms with E-state index in [0.717, 1.165) is 5.56 Å². The fraction of sp³-hybridized carbons (Fsp3) is 0.562. The molecule has 2 atom stereocenters. The molecule has 0 saturated carbocycles. The smallest absolute Gasteiger partial charge is 0.223 e. The fourth-order valence-electron chi connectivity index (χ4n) is 2.66. The number of aryl methyl sites for hydroxylation is 1. The van der Waals surface area contributed by atoms with Gasteiger partial charge in [0.25, 0.3) is 0 Å². The van der Waals surface area contributed by atoms with Gasteiger partial charge in [0, 0.05) is 19.5 Å². The second-order valence-corrected chi connectivity index (χ2v) is 5.52. The van der Waals surface area contributed by atoms with Crippen molar-refractivity contribution in [3.05, 3.63) is 29.6 Å². The van der Waals surface area contributed by atoms with Crippen molar-refractivity contribution in [2.24, 2.45) is 0 Å². The lowest BCUT2D eigenvalue weighted by atomic mass is 10.1. The van der Waals surface area contributed by atoms with Crippen molar-refractivity contribution >= 4 is 5.91 Å². The third-order valence-electron chi connectivity index (χ3n) is 3.62. The van der Waals surface area contributed by atoms with Crippen LogP contribution in [0.3, 0.4) is 0 Å². The van der Waals surface area contributed by atoms with E-state index in [0.29, 0.717) is 25.9 Å². The van der Waals surface area contributed by atoms with Gasteiger partial charge in [0.2, 0.25) is 5.91 Å². The van der Waals surface area contributed by atoms with Gasteiger partial charge in [0.1, 0.15) is 0 Å². The molecule has 1 saturated heterocycles. The van der Waals surface area contributed by atoms with Gasteiger partial charge < -0.3 is 14.4 Å². The van der Waals surface area contributed by atoms with Crippen molar-refractivity contribution in [2.45, 2.75) is 38.9 Å². The summed E-state index contributed by atoms with van der Waals surface area (Å²) >= 11 is 0. The number of rotatable bonds is 4. The maximum absolute atomic E-state index is 13.6. The second kappa shape index (κ2) is 6.89. The summed E-state index contributed by atoms with van der Waals surface area (Å²) in [6, 6.07) is 4.81. The van der Waals surface area contributed by atoms with Crippen molar-refractivity contribution in [3.63, 3.8) is 0 Å². The topological polar surface area (TPSA) is 38.8 Å². The average molecular weight is 295 g/mol. The van der Waals surface area contributed by atoms with E-state index in [4.69, 9.17) is 9.47 Å². The van der Waals surface area contributed by atoms with Crippen LogP contribution < -0.4 is 4.74 Å². The summed E-state index contributed by atoms with van der Waals surface area (Å²) in [5, 5.41) is 0. The van der Waals surface area contributed by atoms with Gasteiger partial charge in [-0.2, -0.15) is 0 Å². The third-order valence-corrected chi connectivity index (χ3v) is 3.62. The van der Waals surface area contributed by atoms with E-state index in [9.17, 15) is 9.18 Å². The number of hydrogen-bond donors (Lipinski definition) is 0. The van der Waals surface area contributed by atoms with E-state index in [1.54, 1.807) is 12.1 Å². The molecule has 0 aliphatic carbocycles. The summed E-state index contributed by atoms with van der Waals surface area (Å²) in [6.07, 6.45) is 1.04. The summed E-state index contributed by atoms with van der Waals surface area (Å²) in [4.78, 5) is 14.1. The number of methoxy groups -OCH3 is 1. The first-order chi connectivity index (χ1) is 9.99. The Bertz CT molecular complexity index is 496. The molecule has 1 fully saturated rings. The van der Waals surface area contributed by atoms with Gasteiger partial charge in [-0.3, -0.25) is 4.79 Å². The largest absolute Gasteiger partial charge is 0.494 e. The molecule has 1 aromatic rings. The highest BCUT2D eigenvalue weighted by Crippen LogP contribution is 2.19. The van der Waals surface area contributed by atoms with Crippen LogP contribution in [0, 0.1) is 5.82 Å². The molecule has 5 heteroatoms. The molecule has 1 heterocycles. The molecule has 1 aliphatic rings. The van der Waals surface area contributed by atoms with Crippen molar-refractivity contribution in [2.75, 3.05) is 20.2 Å². The maximum Gasteiger partial charge on any atom is 0.223 e. The Labute approximate surface area is 124 Å². The number of carbonyl (C=O) groups excluding carboxylic acids is 1. The Kier molecular flexibility index (Phi) is 5.17. The molecule has 2 rings (SSSR count). The SMILES string of the molecule is COc1ccc(CCC(=O)N2C[C@@H](C)O[C@@H](C)C2)cc1F. The Morgan fingerprint density at radius 2 is 2.05 bits per heavy atom. The minimum absolute atomic E-state index is 0.0659. The molecule has 0 radical (unpaired) electrons. The molecule has 0 bridgehead atoms. The zero-order valence-corrected chi connectivity index (χ0v) is 12.8. The summed E-state index contributed by atoms with van der Waals surface area (Å²) in [6.45, 7) is 5.18. The van der Waals surface area contributed by atoms with Crippen LogP contribution in [0.2, 0.25) is 0 Å². The molecule has 1 amide bonds. The van der Waals surface area contributed by atoms with Gasteiger partial charge in [-0.1, -0.05) is 6.07 Å². The summed E-state index contributed by atoms with van der Waals surface area (Å²) in [5.74, 6) is -0.0785. The van der Waals surface area contributed by atoms with E-state index in [1.807, 2.05) is 18.7 Å². The Balaban J connectivity index is 1.90. The highest BCUT2D eigenvalue weighted by Gasteiger charge is 2.25. The highest BCUT2D eigenvalue weighted by molar-refractivity contribution is 5.76. The van der Waals surface area contributed by atoms with Crippen molar-refractivity contribution < 1.29 is 18.7 Å². The quantitative estimate of drug-likeness (QED) is 0.856. The average Bonchev–Trinajstić information content (AvgIpc) is 2.43. The van der Waals surface area contributed by atoms with Gasteiger partial charge in [0.05, 0.1) is 19.3 Å². The lowest BCUT2D eigenvalue weighted by Gasteiger charge is -2.35. The van der Waals surface area contributed by atoms with Crippen LogP contribution in [0.25, 0.3) is 0 Å². The molecular weight excluding hydrogens is 273 g/mol. The molecule has 0 spiro atoms. The molecular formula is C16H22FNO3. The van der Waals surface area contributed by atoms with Crippen LogP contribution in [0.1, 0.15) is 25.8 Å². The number of hydrogen-bond acceptors (Lipinski definition) is 3. The van der Waals surface area contributed by atoms with Crippen molar-refractivity contribution in [1.82, 2.24) is 4.90 Å². The second-order valence-electron chi connectivity index (χ2n) is 5.52. The number of nitrogens with zero attached hydrogens (tertiary/aromatic N) is 1. The molecule has 21 heavy (non-hydrogen) atoms.